The van der Waals surface area contributed by atoms with E-state index in [2.05, 4.69) is 16.9 Å². The van der Waals surface area contributed by atoms with E-state index >= 15 is 0 Å². The van der Waals surface area contributed by atoms with Crippen LogP contribution in [0, 0.1) is 0 Å². The normalized spacial score (nSPS) is 12.3. The molecule has 2 rings (SSSR count). The molecule has 0 amide bonds. The minimum absolute atomic E-state index is 0.252. The summed E-state index contributed by atoms with van der Waals surface area (Å²) in [6, 6.07) is 7.75. The number of benzene rings is 1. The lowest BCUT2D eigenvalue weighted by molar-refractivity contribution is -0.139. The number of aromatic nitrogens is 2. The van der Waals surface area contributed by atoms with E-state index in [0.717, 1.165) is 26.8 Å². The van der Waals surface area contributed by atoms with Gasteiger partial charge in [0.15, 0.2) is 0 Å². The Balaban J connectivity index is 2.38. The summed E-state index contributed by atoms with van der Waals surface area (Å²) in [5.41, 5.74) is 1.71. The molecule has 6 heteroatoms. The van der Waals surface area contributed by atoms with Crippen LogP contribution in [0.15, 0.2) is 34.3 Å². The van der Waals surface area contributed by atoms with E-state index in [0.29, 0.717) is 0 Å². The molecule has 0 spiro atoms. The van der Waals surface area contributed by atoms with Crippen molar-refractivity contribution in [2.24, 2.45) is 0 Å². The van der Waals surface area contributed by atoms with Gasteiger partial charge in [-0.2, -0.15) is 0 Å². The van der Waals surface area contributed by atoms with Crippen molar-refractivity contribution in [2.75, 3.05) is 12.9 Å². The van der Waals surface area contributed by atoms with Crippen LogP contribution in [-0.4, -0.2) is 34.0 Å². The molecule has 0 fully saturated rings. The number of esters is 1. The molecule has 1 heterocycles. The molecule has 0 aliphatic carbocycles. The van der Waals surface area contributed by atoms with Crippen LogP contribution in [0.3, 0.4) is 0 Å². The monoisotopic (exact) mass is 308 g/mol. The number of ether oxygens (including phenoxy) is 1. The highest BCUT2D eigenvalue weighted by Crippen LogP contribution is 2.32. The molecule has 20 heavy (non-hydrogen) atoms. The third-order valence-electron chi connectivity index (χ3n) is 2.61. The van der Waals surface area contributed by atoms with Crippen LogP contribution in [0.1, 0.15) is 13.8 Å². The molecular weight excluding hydrogens is 292 g/mol. The molecule has 106 valence electrons. The average Bonchev–Trinajstić information content (AvgIpc) is 2.47. The zero-order valence-electron chi connectivity index (χ0n) is 11.6. The first-order chi connectivity index (χ1) is 9.65. The number of carbonyl (C=O) groups is 1. The number of hydrogen-bond acceptors (Lipinski definition) is 6. The van der Waals surface area contributed by atoms with Crippen LogP contribution in [0.2, 0.25) is 0 Å². The van der Waals surface area contributed by atoms with Crippen molar-refractivity contribution in [3.05, 3.63) is 24.3 Å². The lowest BCUT2D eigenvalue weighted by Gasteiger charge is -2.11. The number of fused-ring (bicyclic) bond motifs is 1. The molecule has 1 aromatic carbocycles. The van der Waals surface area contributed by atoms with Crippen LogP contribution in [-0.2, 0) is 9.53 Å². The van der Waals surface area contributed by atoms with Crippen LogP contribution < -0.4 is 0 Å². The molecule has 0 aliphatic rings. The van der Waals surface area contributed by atoms with Crippen molar-refractivity contribution >= 4 is 40.5 Å². The highest BCUT2D eigenvalue weighted by atomic mass is 32.2. The molecule has 0 saturated carbocycles. The van der Waals surface area contributed by atoms with E-state index in [-0.39, 0.29) is 11.2 Å². The zero-order chi connectivity index (χ0) is 14.5. The van der Waals surface area contributed by atoms with Crippen LogP contribution in [0.5, 0.6) is 0 Å². The summed E-state index contributed by atoms with van der Waals surface area (Å²) in [6.07, 6.45) is 0. The van der Waals surface area contributed by atoms with Gasteiger partial charge in [-0.05, 0) is 24.8 Å². The van der Waals surface area contributed by atoms with Crippen molar-refractivity contribution in [2.45, 2.75) is 29.1 Å². The highest BCUT2D eigenvalue weighted by Gasteiger charge is 2.19. The summed E-state index contributed by atoms with van der Waals surface area (Å²) < 4.78 is 4.76. The van der Waals surface area contributed by atoms with Gasteiger partial charge < -0.3 is 4.74 Å². The Labute approximate surface area is 126 Å². The molecule has 4 nitrogen and oxygen atoms in total. The Morgan fingerprint density at radius 1 is 1.25 bits per heavy atom. The third kappa shape index (κ3) is 3.43. The summed E-state index contributed by atoms with van der Waals surface area (Å²) in [4.78, 5) is 20.8. The molecule has 0 saturated heterocycles. The third-order valence-corrected chi connectivity index (χ3v) is 4.64. The molecule has 2 aromatic rings. The first-order valence-electron chi connectivity index (χ1n) is 6.29. The first-order valence-corrected chi connectivity index (χ1v) is 8.16. The highest BCUT2D eigenvalue weighted by molar-refractivity contribution is 8.02. The maximum atomic E-state index is 11.6. The number of hydrogen-bond donors (Lipinski definition) is 0. The summed E-state index contributed by atoms with van der Waals surface area (Å²) in [5.74, 6) is 0.658. The van der Waals surface area contributed by atoms with Gasteiger partial charge in [0.25, 0.3) is 0 Å². The molecule has 0 radical (unpaired) electrons. The topological polar surface area (TPSA) is 52.1 Å². The number of rotatable bonds is 5. The van der Waals surface area contributed by atoms with Crippen molar-refractivity contribution in [1.82, 2.24) is 9.97 Å². The first kappa shape index (κ1) is 15.1. The van der Waals surface area contributed by atoms with E-state index in [1.807, 2.05) is 31.2 Å². The van der Waals surface area contributed by atoms with Crippen LogP contribution in [0.25, 0.3) is 11.0 Å². The average molecular weight is 308 g/mol. The Bertz CT molecular complexity index is 619. The summed E-state index contributed by atoms with van der Waals surface area (Å²) in [7, 11) is 1.40. The standard InChI is InChI=1S/C14H16N2O2S2/c1-4-19-12-13(20-9(2)14(17)18-3)16-11-8-6-5-7-10(11)15-12/h5-9H,4H2,1-3H3. The fourth-order valence-electron chi connectivity index (χ4n) is 1.66. The molecule has 0 aliphatic heterocycles. The van der Waals surface area contributed by atoms with E-state index in [9.17, 15) is 4.79 Å². The Hall–Kier alpha value is -1.27. The quantitative estimate of drug-likeness (QED) is 0.623. The largest absolute Gasteiger partial charge is 0.468 e. The molecule has 0 N–H and O–H groups in total. The van der Waals surface area contributed by atoms with Gasteiger partial charge in [-0.3, -0.25) is 4.79 Å². The molecule has 1 atom stereocenters. The van der Waals surface area contributed by atoms with Crippen LogP contribution in [0.4, 0.5) is 0 Å². The SMILES string of the molecule is CCSc1nc2ccccc2nc1SC(C)C(=O)OC. The van der Waals surface area contributed by atoms with Gasteiger partial charge in [0.1, 0.15) is 15.3 Å². The number of methoxy groups -OCH3 is 1. The Morgan fingerprint density at radius 2 is 1.85 bits per heavy atom. The summed E-state index contributed by atoms with van der Waals surface area (Å²) >= 11 is 3.02. The summed E-state index contributed by atoms with van der Waals surface area (Å²) in [5, 5.41) is 1.35. The zero-order valence-corrected chi connectivity index (χ0v) is 13.3. The Morgan fingerprint density at radius 3 is 2.40 bits per heavy atom. The molecule has 1 aromatic heterocycles. The minimum atomic E-state index is -0.299. The maximum Gasteiger partial charge on any atom is 0.318 e. The molecule has 1 unspecified atom stereocenters. The number of carbonyl (C=O) groups excluding carboxylic acids is 1. The maximum absolute atomic E-state index is 11.6. The summed E-state index contributed by atoms with van der Waals surface area (Å²) in [6.45, 7) is 3.88. The second kappa shape index (κ2) is 6.95. The van der Waals surface area contributed by atoms with Gasteiger partial charge in [-0.25, -0.2) is 9.97 Å². The van der Waals surface area contributed by atoms with E-state index in [1.165, 1.54) is 18.9 Å². The molecular formula is C14H16N2O2S2. The second-order valence-electron chi connectivity index (χ2n) is 4.04. The van der Waals surface area contributed by atoms with Gasteiger partial charge in [0.2, 0.25) is 0 Å². The lowest BCUT2D eigenvalue weighted by atomic mass is 10.3. The number of para-hydroxylation sites is 2. The van der Waals surface area contributed by atoms with Gasteiger partial charge in [-0.15, -0.1) is 11.8 Å². The fraction of sp³-hybridized carbons (Fsp3) is 0.357. The number of nitrogens with zero attached hydrogens (tertiary/aromatic N) is 2. The van der Waals surface area contributed by atoms with Gasteiger partial charge in [0.05, 0.1) is 18.1 Å². The smallest absolute Gasteiger partial charge is 0.318 e. The minimum Gasteiger partial charge on any atom is -0.468 e. The number of thioether (sulfide) groups is 2. The van der Waals surface area contributed by atoms with E-state index in [1.54, 1.807) is 11.8 Å². The van der Waals surface area contributed by atoms with Crippen molar-refractivity contribution in [3.8, 4) is 0 Å². The van der Waals surface area contributed by atoms with Gasteiger partial charge in [-0.1, -0.05) is 30.8 Å². The molecule has 0 bridgehead atoms. The van der Waals surface area contributed by atoms with Crippen molar-refractivity contribution < 1.29 is 9.53 Å². The van der Waals surface area contributed by atoms with Gasteiger partial charge in [0, 0.05) is 0 Å². The van der Waals surface area contributed by atoms with Crippen molar-refractivity contribution in [3.63, 3.8) is 0 Å². The second-order valence-corrected chi connectivity index (χ2v) is 6.62. The van der Waals surface area contributed by atoms with E-state index < -0.39 is 0 Å². The Kier molecular flexibility index (Phi) is 5.25. The van der Waals surface area contributed by atoms with Crippen molar-refractivity contribution in [1.29, 1.82) is 0 Å². The predicted octanol–water partition coefficient (Wildman–Crippen LogP) is 3.40. The van der Waals surface area contributed by atoms with Crippen LogP contribution >= 0.6 is 23.5 Å². The van der Waals surface area contributed by atoms with Gasteiger partial charge >= 0.3 is 5.97 Å². The fourth-order valence-corrected chi connectivity index (χ4v) is 3.41. The predicted molar refractivity (Wildman–Crippen MR) is 83.3 cm³/mol. The lowest BCUT2D eigenvalue weighted by Crippen LogP contribution is -2.15. The van der Waals surface area contributed by atoms with E-state index in [4.69, 9.17) is 4.74 Å².